The normalized spacial score (nSPS) is 10.8. The number of para-hydroxylation sites is 1. The minimum absolute atomic E-state index is 0.0678. The Balaban J connectivity index is 1.72. The third-order valence-electron chi connectivity index (χ3n) is 3.67. The van der Waals surface area contributed by atoms with E-state index >= 15 is 0 Å². The summed E-state index contributed by atoms with van der Waals surface area (Å²) < 4.78 is 3.73. The molecule has 0 fully saturated rings. The van der Waals surface area contributed by atoms with Gasteiger partial charge in [-0.3, -0.25) is 4.79 Å². The van der Waals surface area contributed by atoms with Crippen molar-refractivity contribution in [2.45, 2.75) is 19.0 Å². The van der Waals surface area contributed by atoms with Crippen LogP contribution in [0, 0.1) is 13.8 Å². The van der Waals surface area contributed by atoms with Crippen LogP contribution in [0.15, 0.2) is 47.9 Å². The fourth-order valence-corrected chi connectivity index (χ4v) is 3.17. The third-order valence-corrected chi connectivity index (χ3v) is 4.72. The first kappa shape index (κ1) is 16.3. The van der Waals surface area contributed by atoms with Gasteiger partial charge in [0.1, 0.15) is 0 Å². The number of nitrogens with zero attached hydrogens (tertiary/aromatic N) is 4. The van der Waals surface area contributed by atoms with Crippen molar-refractivity contribution in [1.29, 1.82) is 0 Å². The monoisotopic (exact) mass is 341 g/mol. The van der Waals surface area contributed by atoms with Gasteiger partial charge in [0, 0.05) is 19.4 Å². The van der Waals surface area contributed by atoms with Crippen molar-refractivity contribution in [3.05, 3.63) is 54.1 Å². The second-order valence-electron chi connectivity index (χ2n) is 5.45. The maximum Gasteiger partial charge on any atom is 0.234 e. The Morgan fingerprint density at radius 1 is 1.25 bits per heavy atom. The molecule has 0 saturated heterocycles. The van der Waals surface area contributed by atoms with Gasteiger partial charge in [-0.2, -0.15) is 5.10 Å². The van der Waals surface area contributed by atoms with Gasteiger partial charge in [0.2, 0.25) is 5.91 Å². The predicted molar refractivity (Wildman–Crippen MR) is 95.6 cm³/mol. The van der Waals surface area contributed by atoms with Gasteiger partial charge in [-0.05, 0) is 26.0 Å². The van der Waals surface area contributed by atoms with Crippen LogP contribution in [0.5, 0.6) is 0 Å². The minimum atomic E-state index is -0.0678. The lowest BCUT2D eigenvalue weighted by atomic mass is 10.3. The number of carbonyl (C=O) groups excluding carboxylic acids is 1. The number of rotatable bonds is 5. The summed E-state index contributed by atoms with van der Waals surface area (Å²) in [5.41, 5.74) is 3.45. The summed E-state index contributed by atoms with van der Waals surface area (Å²) in [6.07, 6.45) is 3.58. The molecule has 24 heavy (non-hydrogen) atoms. The number of hydrogen-bond donors (Lipinski definition) is 1. The summed E-state index contributed by atoms with van der Waals surface area (Å²) in [5, 5.41) is 8.32. The zero-order valence-corrected chi connectivity index (χ0v) is 14.7. The summed E-state index contributed by atoms with van der Waals surface area (Å²) in [6.45, 7) is 3.85. The molecular formula is C17H19N5OS. The molecule has 124 valence electrons. The molecule has 0 spiro atoms. The van der Waals surface area contributed by atoms with Gasteiger partial charge in [0.05, 0.1) is 28.5 Å². The first-order valence-electron chi connectivity index (χ1n) is 7.58. The van der Waals surface area contributed by atoms with Crippen LogP contribution in [-0.2, 0) is 11.8 Å². The highest BCUT2D eigenvalue weighted by Gasteiger charge is 2.15. The van der Waals surface area contributed by atoms with E-state index < -0.39 is 0 Å². The molecular weight excluding hydrogens is 322 g/mol. The van der Waals surface area contributed by atoms with Gasteiger partial charge >= 0.3 is 0 Å². The minimum Gasteiger partial charge on any atom is -0.329 e. The number of carbonyl (C=O) groups is 1. The molecule has 2 aromatic heterocycles. The van der Waals surface area contributed by atoms with Gasteiger partial charge < -0.3 is 9.88 Å². The molecule has 3 rings (SSSR count). The van der Waals surface area contributed by atoms with Crippen molar-refractivity contribution >= 4 is 23.4 Å². The van der Waals surface area contributed by atoms with Crippen molar-refractivity contribution in [3.8, 4) is 5.69 Å². The second-order valence-corrected chi connectivity index (χ2v) is 6.39. The molecule has 3 aromatic rings. The molecule has 0 radical (unpaired) electrons. The van der Waals surface area contributed by atoms with Crippen molar-refractivity contribution < 1.29 is 4.79 Å². The summed E-state index contributed by atoms with van der Waals surface area (Å²) in [6, 6.07) is 9.87. The zero-order chi connectivity index (χ0) is 17.1. The Bertz CT molecular complexity index is 853. The molecule has 0 atom stereocenters. The molecule has 1 amide bonds. The Morgan fingerprint density at radius 3 is 2.67 bits per heavy atom. The van der Waals surface area contributed by atoms with E-state index in [1.807, 2.05) is 66.7 Å². The predicted octanol–water partition coefficient (Wildman–Crippen LogP) is 2.95. The summed E-state index contributed by atoms with van der Waals surface area (Å²) in [4.78, 5) is 16.5. The Hall–Kier alpha value is -2.54. The highest BCUT2D eigenvalue weighted by molar-refractivity contribution is 7.99. The number of nitrogens with one attached hydrogen (secondary N) is 1. The number of aryl methyl sites for hydroxylation is 2. The fraction of sp³-hybridized carbons (Fsp3) is 0.235. The highest BCUT2D eigenvalue weighted by Crippen LogP contribution is 2.23. The van der Waals surface area contributed by atoms with E-state index in [4.69, 9.17) is 0 Å². The molecule has 0 aliphatic carbocycles. The molecule has 1 N–H and O–H groups in total. The number of benzene rings is 1. The van der Waals surface area contributed by atoms with Crippen LogP contribution < -0.4 is 5.32 Å². The number of anilines is 1. The van der Waals surface area contributed by atoms with E-state index in [2.05, 4.69) is 15.4 Å². The maximum atomic E-state index is 12.3. The van der Waals surface area contributed by atoms with Crippen LogP contribution in [0.2, 0.25) is 0 Å². The van der Waals surface area contributed by atoms with Crippen molar-refractivity contribution in [3.63, 3.8) is 0 Å². The van der Waals surface area contributed by atoms with E-state index in [0.29, 0.717) is 5.75 Å². The molecule has 0 aliphatic heterocycles. The van der Waals surface area contributed by atoms with Crippen LogP contribution in [0.1, 0.15) is 11.4 Å². The number of hydrogen-bond acceptors (Lipinski definition) is 4. The topological polar surface area (TPSA) is 64.7 Å². The zero-order valence-electron chi connectivity index (χ0n) is 13.9. The SMILES string of the molecule is Cc1nn(-c2ccccc2)c(C)c1NC(=O)CSc1nccn1C. The van der Waals surface area contributed by atoms with Crippen molar-refractivity contribution in [2.24, 2.45) is 7.05 Å². The lowest BCUT2D eigenvalue weighted by Gasteiger charge is -2.07. The highest BCUT2D eigenvalue weighted by atomic mass is 32.2. The average molecular weight is 341 g/mol. The summed E-state index contributed by atoms with van der Waals surface area (Å²) in [7, 11) is 1.91. The van der Waals surface area contributed by atoms with Crippen LogP contribution in [0.25, 0.3) is 5.69 Å². The second kappa shape index (κ2) is 6.92. The molecule has 1 aromatic carbocycles. The van der Waals surface area contributed by atoms with Crippen molar-refractivity contribution in [1.82, 2.24) is 19.3 Å². The number of imidazole rings is 1. The Kier molecular flexibility index (Phi) is 4.71. The van der Waals surface area contributed by atoms with E-state index in [-0.39, 0.29) is 5.91 Å². The van der Waals surface area contributed by atoms with E-state index in [1.165, 1.54) is 11.8 Å². The molecule has 2 heterocycles. The lowest BCUT2D eigenvalue weighted by Crippen LogP contribution is -2.15. The first-order chi connectivity index (χ1) is 11.6. The third kappa shape index (κ3) is 3.35. The average Bonchev–Trinajstić information content (AvgIpc) is 3.11. The van der Waals surface area contributed by atoms with Gasteiger partial charge in [0.15, 0.2) is 5.16 Å². The van der Waals surface area contributed by atoms with Gasteiger partial charge in [-0.15, -0.1) is 0 Å². The van der Waals surface area contributed by atoms with Crippen LogP contribution in [0.3, 0.4) is 0 Å². The fourth-order valence-electron chi connectivity index (χ4n) is 2.44. The molecule has 7 heteroatoms. The Labute approximate surface area is 144 Å². The standard InChI is InChI=1S/C17H19N5OS/c1-12-16(13(2)22(20-12)14-7-5-4-6-8-14)19-15(23)11-24-17-18-9-10-21(17)3/h4-10H,11H2,1-3H3,(H,19,23). The van der Waals surface area contributed by atoms with Crippen LogP contribution >= 0.6 is 11.8 Å². The van der Waals surface area contributed by atoms with E-state index in [0.717, 1.165) is 27.9 Å². The number of thioether (sulfide) groups is 1. The summed E-state index contributed by atoms with van der Waals surface area (Å²) >= 11 is 1.41. The number of aromatic nitrogens is 4. The van der Waals surface area contributed by atoms with E-state index in [1.54, 1.807) is 6.20 Å². The molecule has 0 saturated carbocycles. The number of amides is 1. The largest absolute Gasteiger partial charge is 0.329 e. The first-order valence-corrected chi connectivity index (χ1v) is 8.56. The Morgan fingerprint density at radius 2 is 2.00 bits per heavy atom. The quantitative estimate of drug-likeness (QED) is 0.725. The van der Waals surface area contributed by atoms with Gasteiger partial charge in [0.25, 0.3) is 0 Å². The molecule has 6 nitrogen and oxygen atoms in total. The molecule has 0 aliphatic rings. The summed E-state index contributed by atoms with van der Waals surface area (Å²) in [5.74, 6) is 0.238. The van der Waals surface area contributed by atoms with E-state index in [9.17, 15) is 4.79 Å². The lowest BCUT2D eigenvalue weighted by molar-refractivity contribution is -0.113. The van der Waals surface area contributed by atoms with Gasteiger partial charge in [-0.25, -0.2) is 9.67 Å². The van der Waals surface area contributed by atoms with Crippen LogP contribution in [0.4, 0.5) is 5.69 Å². The van der Waals surface area contributed by atoms with Crippen molar-refractivity contribution in [2.75, 3.05) is 11.1 Å². The smallest absolute Gasteiger partial charge is 0.234 e. The van der Waals surface area contributed by atoms with Gasteiger partial charge in [-0.1, -0.05) is 30.0 Å². The maximum absolute atomic E-state index is 12.3. The molecule has 0 bridgehead atoms. The van der Waals surface area contributed by atoms with Crippen LogP contribution in [-0.4, -0.2) is 31.0 Å². The molecule has 0 unspecified atom stereocenters.